The molecule has 0 aromatic carbocycles. The van der Waals surface area contributed by atoms with Gasteiger partial charge in [-0.1, -0.05) is 0 Å². The van der Waals surface area contributed by atoms with Crippen LogP contribution in [0.15, 0.2) is 0 Å². The Hall–Kier alpha value is -1.10. The molecule has 0 saturated heterocycles. The molecule has 0 fully saturated rings. The molecule has 76 valence electrons. The Morgan fingerprint density at radius 3 is 2.54 bits per heavy atom. The fraction of sp³-hybridized carbons (Fsp3) is 0.750. The van der Waals surface area contributed by atoms with Gasteiger partial charge < -0.3 is 16.4 Å². The van der Waals surface area contributed by atoms with Gasteiger partial charge in [0.25, 0.3) is 0 Å². The predicted molar refractivity (Wildman–Crippen MR) is 50.0 cm³/mol. The van der Waals surface area contributed by atoms with Gasteiger partial charge in [0, 0.05) is 6.42 Å². The van der Waals surface area contributed by atoms with Gasteiger partial charge >= 0.3 is 0 Å². The van der Waals surface area contributed by atoms with Gasteiger partial charge in [0.15, 0.2) is 0 Å². The molecular formula is C8H17N3O2. The molecule has 0 aromatic rings. The zero-order valence-electron chi connectivity index (χ0n) is 8.09. The quantitative estimate of drug-likeness (QED) is 0.465. The minimum Gasteiger partial charge on any atom is -0.368 e. The van der Waals surface area contributed by atoms with Gasteiger partial charge in [-0.25, -0.2) is 0 Å². The number of hydrogen-bond donors (Lipinski definition) is 3. The lowest BCUT2D eigenvalue weighted by Gasteiger charge is -2.09. The Balaban J connectivity index is 3.56. The van der Waals surface area contributed by atoms with Gasteiger partial charge in [-0.3, -0.25) is 9.59 Å². The van der Waals surface area contributed by atoms with Crippen LogP contribution in [0.25, 0.3) is 0 Å². The number of amides is 2. The zero-order valence-corrected chi connectivity index (χ0v) is 8.09. The Morgan fingerprint density at radius 1 is 1.46 bits per heavy atom. The molecule has 0 aliphatic rings. The summed E-state index contributed by atoms with van der Waals surface area (Å²) in [6, 6.07) is -0.581. The van der Waals surface area contributed by atoms with Crippen molar-refractivity contribution < 1.29 is 9.59 Å². The summed E-state index contributed by atoms with van der Waals surface area (Å²) in [5, 5.41) is 5.42. The van der Waals surface area contributed by atoms with E-state index < -0.39 is 11.9 Å². The predicted octanol–water partition coefficient (Wildman–Crippen LogP) is -1.02. The van der Waals surface area contributed by atoms with E-state index in [2.05, 4.69) is 10.6 Å². The van der Waals surface area contributed by atoms with E-state index in [0.29, 0.717) is 6.42 Å². The third-order valence-corrected chi connectivity index (χ3v) is 1.63. The van der Waals surface area contributed by atoms with Gasteiger partial charge in [0.1, 0.15) is 6.04 Å². The van der Waals surface area contributed by atoms with E-state index in [9.17, 15) is 9.59 Å². The van der Waals surface area contributed by atoms with E-state index in [-0.39, 0.29) is 5.91 Å². The highest BCUT2D eigenvalue weighted by Gasteiger charge is 2.10. The van der Waals surface area contributed by atoms with Gasteiger partial charge in [0.05, 0.1) is 0 Å². The highest BCUT2D eigenvalue weighted by molar-refractivity contribution is 5.86. The topological polar surface area (TPSA) is 84.2 Å². The Morgan fingerprint density at radius 2 is 2.08 bits per heavy atom. The lowest BCUT2D eigenvalue weighted by Crippen LogP contribution is -2.42. The molecule has 1 atom stereocenters. The number of carbonyl (C=O) groups is 2. The van der Waals surface area contributed by atoms with Crippen molar-refractivity contribution in [2.24, 2.45) is 5.73 Å². The fourth-order valence-electron chi connectivity index (χ4n) is 0.811. The van der Waals surface area contributed by atoms with Crippen LogP contribution in [0.2, 0.25) is 0 Å². The van der Waals surface area contributed by atoms with E-state index >= 15 is 0 Å². The van der Waals surface area contributed by atoms with E-state index in [1.165, 1.54) is 0 Å². The normalized spacial score (nSPS) is 12.2. The summed E-state index contributed by atoms with van der Waals surface area (Å²) < 4.78 is 0. The molecule has 0 rings (SSSR count). The largest absolute Gasteiger partial charge is 0.368 e. The van der Waals surface area contributed by atoms with E-state index in [1.807, 2.05) is 7.05 Å². The summed E-state index contributed by atoms with van der Waals surface area (Å²) in [5.74, 6) is -0.650. The number of primary amides is 1. The molecule has 5 nitrogen and oxygen atoms in total. The maximum atomic E-state index is 11.1. The molecule has 4 N–H and O–H groups in total. The standard InChI is InChI=1S/C8H17N3O2/c1-6(8(9)13)11-7(12)4-3-5-10-2/h6,10H,3-5H2,1-2H3,(H2,9,13)(H,11,12). The molecule has 0 bridgehead atoms. The highest BCUT2D eigenvalue weighted by Crippen LogP contribution is 1.88. The van der Waals surface area contributed by atoms with Crippen molar-refractivity contribution in [3.8, 4) is 0 Å². The smallest absolute Gasteiger partial charge is 0.239 e. The summed E-state index contributed by atoms with van der Waals surface area (Å²) in [5.41, 5.74) is 4.97. The van der Waals surface area contributed by atoms with Crippen molar-refractivity contribution in [3.05, 3.63) is 0 Å². The van der Waals surface area contributed by atoms with Crippen LogP contribution in [-0.2, 0) is 9.59 Å². The summed E-state index contributed by atoms with van der Waals surface area (Å²) in [6.07, 6.45) is 1.17. The molecular weight excluding hydrogens is 170 g/mol. The summed E-state index contributed by atoms with van der Waals surface area (Å²) in [4.78, 5) is 21.6. The van der Waals surface area contributed by atoms with Crippen LogP contribution in [0.5, 0.6) is 0 Å². The van der Waals surface area contributed by atoms with Crippen molar-refractivity contribution in [2.75, 3.05) is 13.6 Å². The fourth-order valence-corrected chi connectivity index (χ4v) is 0.811. The molecule has 5 heteroatoms. The second-order valence-electron chi connectivity index (χ2n) is 2.90. The van der Waals surface area contributed by atoms with Gasteiger partial charge in [-0.2, -0.15) is 0 Å². The molecule has 0 aliphatic carbocycles. The van der Waals surface area contributed by atoms with Gasteiger partial charge in [-0.15, -0.1) is 0 Å². The second kappa shape index (κ2) is 6.42. The van der Waals surface area contributed by atoms with E-state index in [1.54, 1.807) is 6.92 Å². The number of nitrogens with one attached hydrogen (secondary N) is 2. The lowest BCUT2D eigenvalue weighted by molar-refractivity contribution is -0.127. The van der Waals surface area contributed by atoms with Crippen LogP contribution in [-0.4, -0.2) is 31.4 Å². The van der Waals surface area contributed by atoms with Crippen LogP contribution in [0, 0.1) is 0 Å². The van der Waals surface area contributed by atoms with E-state index in [4.69, 9.17) is 5.73 Å². The second-order valence-corrected chi connectivity index (χ2v) is 2.90. The van der Waals surface area contributed by atoms with Gasteiger partial charge in [0.2, 0.25) is 11.8 Å². The van der Waals surface area contributed by atoms with Crippen molar-refractivity contribution in [2.45, 2.75) is 25.8 Å². The number of hydrogen-bond acceptors (Lipinski definition) is 3. The molecule has 0 spiro atoms. The molecule has 1 unspecified atom stereocenters. The molecule has 0 heterocycles. The lowest BCUT2D eigenvalue weighted by atomic mass is 10.2. The number of nitrogens with two attached hydrogens (primary N) is 1. The highest BCUT2D eigenvalue weighted by atomic mass is 16.2. The minimum absolute atomic E-state index is 0.137. The Bertz CT molecular complexity index is 182. The zero-order chi connectivity index (χ0) is 10.3. The molecule has 0 saturated carbocycles. The van der Waals surface area contributed by atoms with Crippen molar-refractivity contribution in [1.82, 2.24) is 10.6 Å². The number of carbonyl (C=O) groups excluding carboxylic acids is 2. The average molecular weight is 187 g/mol. The summed E-state index contributed by atoms with van der Waals surface area (Å²) >= 11 is 0. The first-order valence-corrected chi connectivity index (χ1v) is 4.31. The van der Waals surface area contributed by atoms with Crippen LogP contribution >= 0.6 is 0 Å². The van der Waals surface area contributed by atoms with Crippen molar-refractivity contribution in [1.29, 1.82) is 0 Å². The van der Waals surface area contributed by atoms with Crippen LogP contribution in [0.3, 0.4) is 0 Å². The third-order valence-electron chi connectivity index (χ3n) is 1.63. The molecule has 0 aliphatic heterocycles. The summed E-state index contributed by atoms with van der Waals surface area (Å²) in [7, 11) is 1.82. The van der Waals surface area contributed by atoms with Crippen LogP contribution < -0.4 is 16.4 Å². The van der Waals surface area contributed by atoms with E-state index in [0.717, 1.165) is 13.0 Å². The maximum absolute atomic E-state index is 11.1. The van der Waals surface area contributed by atoms with Crippen molar-refractivity contribution in [3.63, 3.8) is 0 Å². The first-order valence-electron chi connectivity index (χ1n) is 4.31. The minimum atomic E-state index is -0.581. The average Bonchev–Trinajstić information content (AvgIpc) is 2.04. The first kappa shape index (κ1) is 11.9. The Kier molecular flexibility index (Phi) is 5.88. The summed E-state index contributed by atoms with van der Waals surface area (Å²) in [6.45, 7) is 2.36. The molecule has 2 amide bonds. The van der Waals surface area contributed by atoms with Gasteiger partial charge in [-0.05, 0) is 26.9 Å². The molecule has 13 heavy (non-hydrogen) atoms. The monoisotopic (exact) mass is 187 g/mol. The van der Waals surface area contributed by atoms with Crippen LogP contribution in [0.4, 0.5) is 0 Å². The third kappa shape index (κ3) is 6.10. The van der Waals surface area contributed by atoms with Crippen molar-refractivity contribution >= 4 is 11.8 Å². The maximum Gasteiger partial charge on any atom is 0.239 e. The SMILES string of the molecule is CNCCCC(=O)NC(C)C(N)=O. The van der Waals surface area contributed by atoms with Crippen LogP contribution in [0.1, 0.15) is 19.8 Å². The molecule has 0 aromatic heterocycles. The first-order chi connectivity index (χ1) is 6.07. The number of rotatable bonds is 6. The Labute approximate surface area is 78.1 Å². The molecule has 0 radical (unpaired) electrons.